The van der Waals surface area contributed by atoms with E-state index >= 15 is 0 Å². The summed E-state index contributed by atoms with van der Waals surface area (Å²) in [5, 5.41) is 6.39. The van der Waals surface area contributed by atoms with Crippen LogP contribution < -0.4 is 4.90 Å². The van der Waals surface area contributed by atoms with E-state index in [1.54, 1.807) is 0 Å². The molecule has 0 spiro atoms. The van der Waals surface area contributed by atoms with Crippen LogP contribution in [0.4, 0.5) is 11.4 Å². The highest BCUT2D eigenvalue weighted by Gasteiger charge is 2.43. The highest BCUT2D eigenvalue weighted by molar-refractivity contribution is 6.10. The molecule has 0 amide bonds. The van der Waals surface area contributed by atoms with Crippen molar-refractivity contribution < 1.29 is 0 Å². The van der Waals surface area contributed by atoms with Crippen LogP contribution in [-0.2, 0) is 0 Å². The van der Waals surface area contributed by atoms with Gasteiger partial charge in [-0.25, -0.2) is 0 Å². The van der Waals surface area contributed by atoms with E-state index in [1.165, 1.54) is 82.7 Å². The Kier molecular flexibility index (Phi) is 6.53. The number of rotatable bonds is 4. The van der Waals surface area contributed by atoms with Gasteiger partial charge in [0.2, 0.25) is 0 Å². The molecule has 272 valence electrons. The molecular weight excluding hydrogens is 705 g/mol. The maximum absolute atomic E-state index is 2.58. The van der Waals surface area contributed by atoms with Crippen molar-refractivity contribution in [1.82, 2.24) is 13.7 Å². The van der Waals surface area contributed by atoms with Crippen molar-refractivity contribution in [2.75, 3.05) is 4.90 Å². The number of hydrogen-bond acceptors (Lipinski definition) is 1. The van der Waals surface area contributed by atoms with E-state index in [-0.39, 0.29) is 12.0 Å². The summed E-state index contributed by atoms with van der Waals surface area (Å²) in [6.45, 7) is 0. The van der Waals surface area contributed by atoms with Crippen LogP contribution in [0.15, 0.2) is 200 Å². The maximum Gasteiger partial charge on any atom is 0.0637 e. The second-order valence-corrected chi connectivity index (χ2v) is 15.7. The molecule has 0 radical (unpaired) electrons. The summed E-state index contributed by atoms with van der Waals surface area (Å²) in [6.07, 6.45) is 4.84. The lowest BCUT2D eigenvalue weighted by atomic mass is 9.82. The van der Waals surface area contributed by atoms with Crippen molar-refractivity contribution in [3.8, 4) is 17.1 Å². The number of benzene rings is 8. The van der Waals surface area contributed by atoms with Crippen LogP contribution in [0.5, 0.6) is 0 Å². The minimum absolute atomic E-state index is 0.112. The van der Waals surface area contributed by atoms with E-state index in [0.717, 1.165) is 17.1 Å². The van der Waals surface area contributed by atoms with E-state index in [2.05, 4.69) is 225 Å². The fraction of sp³-hybridized carbons (Fsp3) is 0.0370. The molecule has 0 saturated heterocycles. The number of nitrogens with zero attached hydrogens (tertiary/aromatic N) is 4. The lowest BCUT2D eigenvalue weighted by Gasteiger charge is -2.31. The Labute approximate surface area is 335 Å². The van der Waals surface area contributed by atoms with Crippen LogP contribution in [0.25, 0.3) is 77.7 Å². The van der Waals surface area contributed by atoms with Crippen molar-refractivity contribution >= 4 is 72.0 Å². The monoisotopic (exact) mass is 740 g/mol. The zero-order valence-corrected chi connectivity index (χ0v) is 31.6. The molecule has 0 bridgehead atoms. The Bertz CT molecular complexity index is 3390. The molecule has 0 saturated carbocycles. The lowest BCUT2D eigenvalue weighted by Crippen LogP contribution is -2.30. The van der Waals surface area contributed by atoms with Crippen molar-refractivity contribution in [3.63, 3.8) is 0 Å². The number of hydrogen-bond donors (Lipinski definition) is 0. The van der Waals surface area contributed by atoms with Crippen LogP contribution in [0.2, 0.25) is 0 Å². The summed E-state index contributed by atoms with van der Waals surface area (Å²) < 4.78 is 7.32. The molecule has 2 unspecified atom stereocenters. The predicted octanol–water partition coefficient (Wildman–Crippen LogP) is 13.5. The Balaban J connectivity index is 0.980. The molecule has 2 atom stereocenters. The number of para-hydroxylation sites is 6. The first-order valence-corrected chi connectivity index (χ1v) is 20.2. The normalized spacial score (nSPS) is 15.8. The first kappa shape index (κ1) is 31.6. The van der Waals surface area contributed by atoms with Crippen LogP contribution >= 0.6 is 0 Å². The molecule has 1 aliphatic heterocycles. The second kappa shape index (κ2) is 12.0. The van der Waals surface area contributed by atoms with Gasteiger partial charge in [0.05, 0.1) is 39.3 Å². The van der Waals surface area contributed by atoms with E-state index < -0.39 is 0 Å². The van der Waals surface area contributed by atoms with Gasteiger partial charge in [-0.3, -0.25) is 0 Å². The van der Waals surface area contributed by atoms with Crippen molar-refractivity contribution in [2.24, 2.45) is 0 Å². The molecule has 1 aliphatic carbocycles. The number of anilines is 2. The maximum atomic E-state index is 2.58. The Morgan fingerprint density at radius 2 is 0.759 bits per heavy atom. The molecule has 13 rings (SSSR count). The second-order valence-electron chi connectivity index (χ2n) is 15.7. The quantitative estimate of drug-likeness (QED) is 0.176. The standard InChI is InChI=1S/C54H36N4/c1-7-25-45-39(19-1)40-20-2-8-26-46(40)55(45)35-15-13-17-37(33-35)57-49-29-11-5-23-43(49)53-51(57)31-32-52-54(53)44-24-6-12-30-50(44)58(52)38-18-14-16-36(34-38)56-47-27-9-3-21-41(47)42-22-4-10-28-48(42)56/h1-34,51,53H. The zero-order valence-electron chi connectivity index (χ0n) is 31.6. The summed E-state index contributed by atoms with van der Waals surface area (Å²) in [5.74, 6) is 0.153. The molecule has 3 aromatic heterocycles. The van der Waals surface area contributed by atoms with Gasteiger partial charge in [0.15, 0.2) is 0 Å². The fourth-order valence-corrected chi connectivity index (χ4v) is 10.5. The minimum atomic E-state index is 0.112. The molecule has 58 heavy (non-hydrogen) atoms. The lowest BCUT2D eigenvalue weighted by molar-refractivity contribution is 0.725. The highest BCUT2D eigenvalue weighted by Crippen LogP contribution is 2.54. The first-order valence-electron chi connectivity index (χ1n) is 20.2. The molecule has 4 nitrogen and oxygen atoms in total. The largest absolute Gasteiger partial charge is 0.333 e. The topological polar surface area (TPSA) is 18.0 Å². The van der Waals surface area contributed by atoms with E-state index in [0.29, 0.717) is 0 Å². The van der Waals surface area contributed by atoms with Crippen LogP contribution in [0, 0.1) is 0 Å². The van der Waals surface area contributed by atoms with E-state index in [9.17, 15) is 0 Å². The number of aromatic nitrogens is 3. The van der Waals surface area contributed by atoms with Gasteiger partial charge < -0.3 is 18.6 Å². The Morgan fingerprint density at radius 3 is 1.31 bits per heavy atom. The van der Waals surface area contributed by atoms with E-state index in [1.807, 2.05) is 0 Å². The van der Waals surface area contributed by atoms with Crippen molar-refractivity contribution in [2.45, 2.75) is 12.0 Å². The molecule has 0 N–H and O–H groups in total. The molecule has 8 aromatic carbocycles. The predicted molar refractivity (Wildman–Crippen MR) is 242 cm³/mol. The van der Waals surface area contributed by atoms with Gasteiger partial charge in [-0.1, -0.05) is 127 Å². The third kappa shape index (κ3) is 4.29. The third-order valence-electron chi connectivity index (χ3n) is 12.8. The van der Waals surface area contributed by atoms with Gasteiger partial charge in [-0.2, -0.15) is 0 Å². The van der Waals surface area contributed by atoms with Crippen LogP contribution in [0.3, 0.4) is 0 Å². The molecule has 4 heteroatoms. The van der Waals surface area contributed by atoms with Gasteiger partial charge in [-0.15, -0.1) is 0 Å². The van der Waals surface area contributed by atoms with Crippen molar-refractivity contribution in [3.05, 3.63) is 217 Å². The Hall–Kier alpha value is -7.56. The number of fused-ring (bicyclic) bond motifs is 13. The summed E-state index contributed by atoms with van der Waals surface area (Å²) in [4.78, 5) is 2.58. The Morgan fingerprint density at radius 1 is 0.345 bits per heavy atom. The zero-order chi connectivity index (χ0) is 37.9. The smallest absolute Gasteiger partial charge is 0.0637 e. The van der Waals surface area contributed by atoms with Crippen molar-refractivity contribution in [1.29, 1.82) is 0 Å². The highest BCUT2D eigenvalue weighted by atomic mass is 15.2. The molecule has 0 fully saturated rings. The summed E-state index contributed by atoms with van der Waals surface area (Å²) in [5.41, 5.74) is 16.0. The average molecular weight is 741 g/mol. The van der Waals surface area contributed by atoms with E-state index in [4.69, 9.17) is 0 Å². The minimum Gasteiger partial charge on any atom is -0.333 e. The summed E-state index contributed by atoms with van der Waals surface area (Å²) in [6, 6.07) is 71.4. The van der Waals surface area contributed by atoms with Gasteiger partial charge in [0.25, 0.3) is 0 Å². The SMILES string of the molecule is C1=CC2C(c3ccccc3N2c2cccc(-n3c4ccccc4c4ccccc43)c2)c2c1n(-c1cccc(-n3c4ccccc4c4ccccc43)c1)c1ccccc21. The van der Waals surface area contributed by atoms with Gasteiger partial charge >= 0.3 is 0 Å². The summed E-state index contributed by atoms with van der Waals surface area (Å²) >= 11 is 0. The molecule has 2 aliphatic rings. The first-order chi connectivity index (χ1) is 28.8. The molecule has 11 aromatic rings. The van der Waals surface area contributed by atoms with Gasteiger partial charge in [0, 0.05) is 61.3 Å². The van der Waals surface area contributed by atoms with Crippen LogP contribution in [-0.4, -0.2) is 19.7 Å². The van der Waals surface area contributed by atoms with Crippen LogP contribution in [0.1, 0.15) is 22.7 Å². The average Bonchev–Trinajstić information content (AvgIpc) is 4.01. The fourth-order valence-electron chi connectivity index (χ4n) is 10.5. The summed E-state index contributed by atoms with van der Waals surface area (Å²) in [7, 11) is 0. The molecular formula is C54H36N4. The van der Waals surface area contributed by atoms with Gasteiger partial charge in [0.1, 0.15) is 0 Å². The third-order valence-corrected chi connectivity index (χ3v) is 12.8. The van der Waals surface area contributed by atoms with Gasteiger partial charge in [-0.05, 0) is 90.0 Å². The molecule has 4 heterocycles.